The molecule has 1 aromatic rings. The molecule has 2 rings (SSSR count). The maximum Gasteiger partial charge on any atom is 0.138 e. The Balaban J connectivity index is 2.11. The maximum atomic E-state index is 5.85. The molecule has 0 spiro atoms. The Bertz CT molecular complexity index is 381. The van der Waals surface area contributed by atoms with E-state index in [0.29, 0.717) is 11.5 Å². The van der Waals surface area contributed by atoms with Crippen molar-refractivity contribution in [1.82, 2.24) is 20.2 Å². The number of nitrogens with zero attached hydrogens (tertiary/aromatic N) is 3. The molecule has 1 saturated carbocycles. The van der Waals surface area contributed by atoms with E-state index in [9.17, 15) is 0 Å². The summed E-state index contributed by atoms with van der Waals surface area (Å²) in [5, 5.41) is 4.31. The number of hydrogen-bond acceptors (Lipinski definition) is 4. The molecular formula is C14H27N5. The monoisotopic (exact) mass is 265 g/mol. The fraction of sp³-hybridized carbons (Fsp3) is 0.857. The van der Waals surface area contributed by atoms with E-state index in [1.165, 1.54) is 32.1 Å². The van der Waals surface area contributed by atoms with Crippen molar-refractivity contribution in [1.29, 1.82) is 0 Å². The summed E-state index contributed by atoms with van der Waals surface area (Å²) in [6, 6.07) is 0.305. The Morgan fingerprint density at radius 2 is 2.16 bits per heavy atom. The highest BCUT2D eigenvalue weighted by Gasteiger charge is 2.39. The molecule has 3 N–H and O–H groups in total. The van der Waals surface area contributed by atoms with Crippen LogP contribution in [0, 0.1) is 5.41 Å². The van der Waals surface area contributed by atoms with Gasteiger partial charge >= 0.3 is 0 Å². The summed E-state index contributed by atoms with van der Waals surface area (Å²) in [6.45, 7) is 5.38. The number of nitrogens with two attached hydrogens (primary N) is 1. The van der Waals surface area contributed by atoms with Crippen LogP contribution in [0.2, 0.25) is 0 Å². The second-order valence-electron chi connectivity index (χ2n) is 5.75. The summed E-state index contributed by atoms with van der Waals surface area (Å²) in [6.07, 6.45) is 10.0. The molecule has 1 heterocycles. The summed E-state index contributed by atoms with van der Waals surface area (Å²) >= 11 is 0. The lowest BCUT2D eigenvalue weighted by atomic mass is 9.75. The number of nitrogens with one attached hydrogen (secondary N) is 1. The van der Waals surface area contributed by atoms with Crippen molar-refractivity contribution in [3.05, 3.63) is 12.2 Å². The second kappa shape index (κ2) is 6.48. The van der Waals surface area contributed by atoms with E-state index in [1.807, 2.05) is 4.68 Å². The largest absolute Gasteiger partial charge is 0.271 e. The van der Waals surface area contributed by atoms with Crippen LogP contribution in [0.5, 0.6) is 0 Å². The molecule has 5 heteroatoms. The lowest BCUT2D eigenvalue weighted by molar-refractivity contribution is 0.182. The zero-order valence-electron chi connectivity index (χ0n) is 12.2. The van der Waals surface area contributed by atoms with Crippen molar-refractivity contribution >= 4 is 0 Å². The molecule has 0 aromatic carbocycles. The minimum Gasteiger partial charge on any atom is -0.271 e. The third-order valence-electron chi connectivity index (χ3n) is 4.76. The molecule has 1 aliphatic carbocycles. The van der Waals surface area contributed by atoms with Gasteiger partial charge in [-0.2, -0.15) is 5.10 Å². The molecule has 1 atom stereocenters. The van der Waals surface area contributed by atoms with Gasteiger partial charge in [-0.25, -0.2) is 4.98 Å². The third kappa shape index (κ3) is 2.98. The predicted molar refractivity (Wildman–Crippen MR) is 76.3 cm³/mol. The summed E-state index contributed by atoms with van der Waals surface area (Å²) in [5.74, 6) is 6.91. The van der Waals surface area contributed by atoms with Crippen LogP contribution < -0.4 is 11.3 Å². The van der Waals surface area contributed by atoms with Gasteiger partial charge in [-0.15, -0.1) is 0 Å². The van der Waals surface area contributed by atoms with Gasteiger partial charge in [0, 0.05) is 19.0 Å². The molecule has 0 aliphatic heterocycles. The number of rotatable bonds is 7. The maximum absolute atomic E-state index is 5.85. The molecular weight excluding hydrogens is 238 g/mol. The van der Waals surface area contributed by atoms with E-state index in [1.54, 1.807) is 6.33 Å². The van der Waals surface area contributed by atoms with Gasteiger partial charge in [-0.1, -0.05) is 26.7 Å². The first-order chi connectivity index (χ1) is 9.25. The zero-order chi connectivity index (χ0) is 13.7. The summed E-state index contributed by atoms with van der Waals surface area (Å²) in [7, 11) is 0. The van der Waals surface area contributed by atoms with Gasteiger partial charge < -0.3 is 0 Å². The lowest BCUT2D eigenvalue weighted by Gasteiger charge is -2.36. The molecule has 1 aromatic heterocycles. The first-order valence-corrected chi connectivity index (χ1v) is 7.58. The number of aryl methyl sites for hydroxylation is 1. The van der Waals surface area contributed by atoms with E-state index in [0.717, 1.165) is 25.2 Å². The number of hydrazine groups is 1. The summed E-state index contributed by atoms with van der Waals surface area (Å²) in [5.41, 5.74) is 3.41. The standard InChI is InChI=1S/C14H27N5/c1-3-9-19-13(16-11-17-19)10-12(18-15)14(4-2)7-5-6-8-14/h11-12,18H,3-10,15H2,1-2H3. The molecule has 1 unspecified atom stereocenters. The van der Waals surface area contributed by atoms with Crippen LogP contribution in [0.25, 0.3) is 0 Å². The highest BCUT2D eigenvalue weighted by molar-refractivity contribution is 4.99. The van der Waals surface area contributed by atoms with Crippen LogP contribution in [0.4, 0.5) is 0 Å². The SMILES string of the molecule is CCCn1ncnc1CC(NN)C1(CC)CCCC1. The van der Waals surface area contributed by atoms with Gasteiger partial charge in [-0.05, 0) is 31.1 Å². The van der Waals surface area contributed by atoms with E-state index in [4.69, 9.17) is 5.84 Å². The lowest BCUT2D eigenvalue weighted by Crippen LogP contribution is -2.49. The van der Waals surface area contributed by atoms with E-state index >= 15 is 0 Å². The van der Waals surface area contributed by atoms with Crippen molar-refractivity contribution in [3.63, 3.8) is 0 Å². The molecule has 5 nitrogen and oxygen atoms in total. The Kier molecular flexibility index (Phi) is 4.93. The minimum absolute atomic E-state index is 0.305. The molecule has 108 valence electrons. The van der Waals surface area contributed by atoms with E-state index in [-0.39, 0.29) is 0 Å². The minimum atomic E-state index is 0.305. The smallest absolute Gasteiger partial charge is 0.138 e. The van der Waals surface area contributed by atoms with Crippen LogP contribution in [0.1, 0.15) is 58.2 Å². The average Bonchev–Trinajstić information content (AvgIpc) is 3.06. The highest BCUT2D eigenvalue weighted by atomic mass is 15.3. The fourth-order valence-electron chi connectivity index (χ4n) is 3.51. The van der Waals surface area contributed by atoms with Crippen LogP contribution in [-0.2, 0) is 13.0 Å². The zero-order valence-corrected chi connectivity index (χ0v) is 12.2. The predicted octanol–water partition coefficient (Wildman–Crippen LogP) is 2.03. The van der Waals surface area contributed by atoms with Gasteiger partial charge in [0.25, 0.3) is 0 Å². The van der Waals surface area contributed by atoms with Crippen molar-refractivity contribution in [2.45, 2.75) is 71.4 Å². The summed E-state index contributed by atoms with van der Waals surface area (Å²) < 4.78 is 2.02. The molecule has 19 heavy (non-hydrogen) atoms. The van der Waals surface area contributed by atoms with Crippen molar-refractivity contribution in [3.8, 4) is 0 Å². The quantitative estimate of drug-likeness (QED) is 0.584. The van der Waals surface area contributed by atoms with Gasteiger partial charge in [0.05, 0.1) is 0 Å². The van der Waals surface area contributed by atoms with Crippen LogP contribution >= 0.6 is 0 Å². The highest BCUT2D eigenvalue weighted by Crippen LogP contribution is 2.44. The van der Waals surface area contributed by atoms with E-state index < -0.39 is 0 Å². The Hall–Kier alpha value is -0.940. The molecule has 0 bridgehead atoms. The van der Waals surface area contributed by atoms with Crippen molar-refractivity contribution in [2.24, 2.45) is 11.3 Å². The molecule has 0 saturated heterocycles. The molecule has 0 amide bonds. The summed E-state index contributed by atoms with van der Waals surface area (Å²) in [4.78, 5) is 4.42. The average molecular weight is 265 g/mol. The number of aromatic nitrogens is 3. The number of hydrogen-bond donors (Lipinski definition) is 2. The molecule has 1 aliphatic rings. The molecule has 0 radical (unpaired) electrons. The Morgan fingerprint density at radius 1 is 1.42 bits per heavy atom. The van der Waals surface area contributed by atoms with Gasteiger partial charge in [0.2, 0.25) is 0 Å². The first kappa shape index (κ1) is 14.5. The third-order valence-corrected chi connectivity index (χ3v) is 4.76. The topological polar surface area (TPSA) is 68.8 Å². The normalized spacial score (nSPS) is 19.7. The second-order valence-corrected chi connectivity index (χ2v) is 5.75. The van der Waals surface area contributed by atoms with Crippen LogP contribution in [0.3, 0.4) is 0 Å². The Labute approximate surface area is 115 Å². The van der Waals surface area contributed by atoms with Gasteiger partial charge in [0.1, 0.15) is 12.2 Å². The van der Waals surface area contributed by atoms with Gasteiger partial charge in [0.15, 0.2) is 0 Å². The molecule has 1 fully saturated rings. The van der Waals surface area contributed by atoms with Crippen LogP contribution in [0.15, 0.2) is 6.33 Å². The Morgan fingerprint density at radius 3 is 2.74 bits per heavy atom. The van der Waals surface area contributed by atoms with Crippen molar-refractivity contribution < 1.29 is 0 Å². The first-order valence-electron chi connectivity index (χ1n) is 7.58. The van der Waals surface area contributed by atoms with Crippen molar-refractivity contribution in [2.75, 3.05) is 0 Å². The van der Waals surface area contributed by atoms with E-state index in [2.05, 4.69) is 29.4 Å². The fourth-order valence-corrected chi connectivity index (χ4v) is 3.51. The van der Waals surface area contributed by atoms with Gasteiger partial charge in [-0.3, -0.25) is 16.0 Å². The van der Waals surface area contributed by atoms with Crippen LogP contribution in [-0.4, -0.2) is 20.8 Å².